The Kier molecular flexibility index (Phi) is 5.60. The molecule has 1 atom stereocenters. The molecule has 0 aromatic heterocycles. The van der Waals surface area contributed by atoms with Gasteiger partial charge in [0.2, 0.25) is 0 Å². The van der Waals surface area contributed by atoms with Crippen molar-refractivity contribution in [2.24, 2.45) is 5.41 Å². The van der Waals surface area contributed by atoms with E-state index >= 15 is 0 Å². The highest BCUT2D eigenvalue weighted by atomic mass is 16.5. The predicted octanol–water partition coefficient (Wildman–Crippen LogP) is 4.00. The fraction of sp³-hybridized carbons (Fsp3) is 0.400. The molecule has 24 heavy (non-hydrogen) atoms. The molecule has 4 heteroatoms. The van der Waals surface area contributed by atoms with Crippen LogP contribution in [0.1, 0.15) is 45.7 Å². The lowest BCUT2D eigenvalue weighted by Crippen LogP contribution is -2.31. The Hall–Kier alpha value is -2.36. The van der Waals surface area contributed by atoms with Gasteiger partial charge in [-0.1, -0.05) is 63.2 Å². The molecule has 0 fully saturated rings. The molecule has 0 unspecified atom stereocenters. The second-order valence-electron chi connectivity index (χ2n) is 7.26. The molecule has 2 rings (SSSR count). The normalized spacial score (nSPS) is 12.7. The van der Waals surface area contributed by atoms with Crippen LogP contribution in [0.5, 0.6) is 0 Å². The first kappa shape index (κ1) is 18.0. The lowest BCUT2D eigenvalue weighted by atomic mass is 9.92. The van der Waals surface area contributed by atoms with E-state index in [1.807, 2.05) is 70.2 Å². The molecule has 2 aromatic rings. The van der Waals surface area contributed by atoms with Gasteiger partial charge in [0.15, 0.2) is 6.61 Å². The van der Waals surface area contributed by atoms with Gasteiger partial charge in [0, 0.05) is 0 Å². The van der Waals surface area contributed by atoms with Crippen molar-refractivity contribution >= 4 is 22.6 Å². The zero-order valence-electron chi connectivity index (χ0n) is 14.8. The van der Waals surface area contributed by atoms with Gasteiger partial charge in [0.05, 0.1) is 12.5 Å². The van der Waals surface area contributed by atoms with Crippen molar-refractivity contribution in [3.05, 3.63) is 48.0 Å². The molecule has 0 saturated heterocycles. The molecule has 1 N–H and O–H groups in total. The average Bonchev–Trinajstić information content (AvgIpc) is 2.50. The summed E-state index contributed by atoms with van der Waals surface area (Å²) in [4.78, 5) is 23.7. The molecule has 2 aromatic carbocycles. The number of hydrogen-bond donors (Lipinski definition) is 1. The van der Waals surface area contributed by atoms with Gasteiger partial charge in [-0.25, -0.2) is 0 Å². The van der Waals surface area contributed by atoms with E-state index in [1.165, 1.54) is 0 Å². The molecule has 0 heterocycles. The van der Waals surface area contributed by atoms with Crippen LogP contribution in [0.3, 0.4) is 0 Å². The number of benzene rings is 2. The summed E-state index contributed by atoms with van der Waals surface area (Å²) in [5, 5.41) is 5.13. The summed E-state index contributed by atoms with van der Waals surface area (Å²) in [6.07, 6.45) is 0.291. The van der Waals surface area contributed by atoms with Crippen LogP contribution in [-0.4, -0.2) is 18.5 Å². The van der Waals surface area contributed by atoms with Crippen molar-refractivity contribution < 1.29 is 14.3 Å². The minimum atomic E-state index is -0.351. The SMILES string of the molecule is C[C@@H](NC(=O)COC(=O)CC(C)(C)C)c1cccc2ccccc12. The maximum absolute atomic E-state index is 12.0. The lowest BCUT2D eigenvalue weighted by Gasteiger charge is -2.18. The zero-order valence-corrected chi connectivity index (χ0v) is 14.8. The third kappa shape index (κ3) is 5.08. The quantitative estimate of drug-likeness (QED) is 0.845. The standard InChI is InChI=1S/C20H25NO3/c1-14(16-11-7-9-15-8-5-6-10-17(15)16)21-18(22)13-24-19(23)12-20(2,3)4/h5-11,14H,12-13H2,1-4H3,(H,21,22)/t14-/m1/s1. The predicted molar refractivity (Wildman–Crippen MR) is 95.5 cm³/mol. The Morgan fingerprint density at radius 1 is 1.08 bits per heavy atom. The van der Waals surface area contributed by atoms with E-state index in [0.717, 1.165) is 16.3 Å². The van der Waals surface area contributed by atoms with E-state index in [4.69, 9.17) is 4.74 Å². The molecular weight excluding hydrogens is 302 g/mol. The monoisotopic (exact) mass is 327 g/mol. The third-order valence-electron chi connectivity index (χ3n) is 3.71. The Bertz CT molecular complexity index is 726. The summed E-state index contributed by atoms with van der Waals surface area (Å²) in [6, 6.07) is 13.9. The van der Waals surface area contributed by atoms with Crippen LogP contribution in [0, 0.1) is 5.41 Å². The lowest BCUT2D eigenvalue weighted by molar-refractivity contribution is -0.150. The first-order chi connectivity index (χ1) is 11.3. The Balaban J connectivity index is 1.95. The molecule has 4 nitrogen and oxygen atoms in total. The van der Waals surface area contributed by atoms with Gasteiger partial charge in [-0.3, -0.25) is 9.59 Å². The van der Waals surface area contributed by atoms with E-state index in [9.17, 15) is 9.59 Å². The van der Waals surface area contributed by atoms with Crippen LogP contribution in [0.4, 0.5) is 0 Å². The van der Waals surface area contributed by atoms with Crippen LogP contribution >= 0.6 is 0 Å². The molecule has 128 valence electrons. The molecule has 0 bridgehead atoms. The summed E-state index contributed by atoms with van der Waals surface area (Å²) in [6.45, 7) is 7.55. The Labute approximate surface area is 143 Å². The molecule has 0 aliphatic heterocycles. The van der Waals surface area contributed by atoms with Crippen molar-refractivity contribution in [1.29, 1.82) is 0 Å². The van der Waals surface area contributed by atoms with E-state index in [1.54, 1.807) is 0 Å². The first-order valence-electron chi connectivity index (χ1n) is 8.19. The maximum Gasteiger partial charge on any atom is 0.306 e. The minimum Gasteiger partial charge on any atom is -0.456 e. The highest BCUT2D eigenvalue weighted by Crippen LogP contribution is 2.24. The highest BCUT2D eigenvalue weighted by molar-refractivity contribution is 5.87. The van der Waals surface area contributed by atoms with Gasteiger partial charge >= 0.3 is 5.97 Å². The number of hydrogen-bond acceptors (Lipinski definition) is 3. The van der Waals surface area contributed by atoms with Crippen LogP contribution in [0.15, 0.2) is 42.5 Å². The summed E-state index contributed by atoms with van der Waals surface area (Å²) >= 11 is 0. The number of rotatable bonds is 5. The second kappa shape index (κ2) is 7.47. The van der Waals surface area contributed by atoms with Crippen LogP contribution in [-0.2, 0) is 14.3 Å². The molecule has 0 saturated carbocycles. The highest BCUT2D eigenvalue weighted by Gasteiger charge is 2.18. The van der Waals surface area contributed by atoms with Gasteiger partial charge in [-0.05, 0) is 28.7 Å². The smallest absolute Gasteiger partial charge is 0.306 e. The fourth-order valence-electron chi connectivity index (χ4n) is 2.62. The van der Waals surface area contributed by atoms with Gasteiger partial charge in [-0.2, -0.15) is 0 Å². The van der Waals surface area contributed by atoms with Gasteiger partial charge in [0.1, 0.15) is 0 Å². The van der Waals surface area contributed by atoms with Crippen molar-refractivity contribution in [1.82, 2.24) is 5.32 Å². The molecule has 0 spiro atoms. The largest absolute Gasteiger partial charge is 0.456 e. The maximum atomic E-state index is 12.0. The topological polar surface area (TPSA) is 55.4 Å². The third-order valence-corrected chi connectivity index (χ3v) is 3.71. The van der Waals surface area contributed by atoms with Crippen molar-refractivity contribution in [3.63, 3.8) is 0 Å². The summed E-state index contributed by atoms with van der Waals surface area (Å²) in [5.74, 6) is -0.645. The number of amides is 1. The average molecular weight is 327 g/mol. The summed E-state index contributed by atoms with van der Waals surface area (Å²) in [7, 11) is 0. The first-order valence-corrected chi connectivity index (χ1v) is 8.19. The Morgan fingerprint density at radius 2 is 1.75 bits per heavy atom. The fourth-order valence-corrected chi connectivity index (χ4v) is 2.62. The van der Waals surface area contributed by atoms with E-state index in [2.05, 4.69) is 5.32 Å². The minimum absolute atomic E-state index is 0.149. The molecule has 0 radical (unpaired) electrons. The van der Waals surface area contributed by atoms with Crippen LogP contribution < -0.4 is 5.32 Å². The number of ether oxygens (including phenoxy) is 1. The zero-order chi connectivity index (χ0) is 17.7. The van der Waals surface area contributed by atoms with Gasteiger partial charge in [-0.15, -0.1) is 0 Å². The Morgan fingerprint density at radius 3 is 2.46 bits per heavy atom. The number of carbonyl (C=O) groups is 2. The van der Waals surface area contributed by atoms with Crippen molar-refractivity contribution in [2.75, 3.05) is 6.61 Å². The van der Waals surface area contributed by atoms with Crippen LogP contribution in [0.2, 0.25) is 0 Å². The summed E-state index contributed by atoms with van der Waals surface area (Å²) < 4.78 is 5.05. The van der Waals surface area contributed by atoms with Crippen LogP contribution in [0.25, 0.3) is 10.8 Å². The summed E-state index contributed by atoms with van der Waals surface area (Å²) in [5.41, 5.74) is 0.895. The van der Waals surface area contributed by atoms with Gasteiger partial charge < -0.3 is 10.1 Å². The molecule has 0 aliphatic rings. The van der Waals surface area contributed by atoms with Crippen molar-refractivity contribution in [3.8, 4) is 0 Å². The van der Waals surface area contributed by atoms with E-state index in [0.29, 0.717) is 6.42 Å². The number of esters is 1. The molecule has 0 aliphatic carbocycles. The number of fused-ring (bicyclic) bond motifs is 1. The van der Waals surface area contributed by atoms with E-state index in [-0.39, 0.29) is 29.9 Å². The molecule has 1 amide bonds. The van der Waals surface area contributed by atoms with Gasteiger partial charge in [0.25, 0.3) is 5.91 Å². The second-order valence-corrected chi connectivity index (χ2v) is 7.26. The number of nitrogens with one attached hydrogen (secondary N) is 1. The van der Waals surface area contributed by atoms with E-state index < -0.39 is 0 Å². The number of carbonyl (C=O) groups excluding carboxylic acids is 2. The molecular formula is C20H25NO3. The van der Waals surface area contributed by atoms with Crippen molar-refractivity contribution in [2.45, 2.75) is 40.2 Å².